The van der Waals surface area contributed by atoms with E-state index in [1.165, 1.54) is 16.9 Å². The van der Waals surface area contributed by atoms with E-state index in [1.54, 1.807) is 25.3 Å². The molecule has 0 fully saturated rings. The van der Waals surface area contributed by atoms with Crippen LogP contribution in [-0.4, -0.2) is 39.1 Å². The van der Waals surface area contributed by atoms with E-state index in [1.807, 2.05) is 17.5 Å². The molecule has 0 saturated heterocycles. The zero-order chi connectivity index (χ0) is 22.9. The molecule has 2 aromatic heterocycles. The van der Waals surface area contributed by atoms with E-state index >= 15 is 0 Å². The number of aromatic nitrogens is 2. The van der Waals surface area contributed by atoms with Gasteiger partial charge in [0.05, 0.1) is 28.7 Å². The van der Waals surface area contributed by atoms with Crippen LogP contribution in [0.25, 0.3) is 10.2 Å². The van der Waals surface area contributed by atoms with Crippen LogP contribution in [0.4, 0.5) is 34.5 Å². The lowest BCUT2D eigenvalue weighted by Crippen LogP contribution is -2.12. The Morgan fingerprint density at radius 1 is 1.09 bits per heavy atom. The topological polar surface area (TPSA) is 108 Å². The molecule has 33 heavy (non-hydrogen) atoms. The number of fused-ring (bicyclic) bond motifs is 2. The third kappa shape index (κ3) is 4.37. The van der Waals surface area contributed by atoms with Crippen molar-refractivity contribution in [2.24, 2.45) is 0 Å². The number of nitrogens with zero attached hydrogens (tertiary/aromatic N) is 3. The van der Waals surface area contributed by atoms with Gasteiger partial charge in [0.25, 0.3) is 0 Å². The summed E-state index contributed by atoms with van der Waals surface area (Å²) in [7, 11) is 0.985. The van der Waals surface area contributed by atoms with Crippen LogP contribution in [0.1, 0.15) is 5.56 Å². The highest BCUT2D eigenvalue weighted by molar-refractivity contribution is 7.73. The summed E-state index contributed by atoms with van der Waals surface area (Å²) in [5.41, 5.74) is 5.18. The lowest BCUT2D eigenvalue weighted by Gasteiger charge is -2.17. The largest absolute Gasteiger partial charge is 0.495 e. The number of anilines is 6. The summed E-state index contributed by atoms with van der Waals surface area (Å²) in [5.74, 6) is 1.79. The number of methoxy groups -OCH3 is 1. The number of likely N-dealkylation sites (N-methyl/N-ethyl adjacent to an activating group) is 1. The predicted octanol–water partition coefficient (Wildman–Crippen LogP) is 4.12. The fourth-order valence-electron chi connectivity index (χ4n) is 3.87. The molecule has 9 nitrogen and oxygen atoms in total. The number of thiophene rings is 1. The molecule has 11 heteroatoms. The van der Waals surface area contributed by atoms with E-state index in [9.17, 15) is 8.42 Å². The van der Waals surface area contributed by atoms with Gasteiger partial charge in [-0.05, 0) is 53.8 Å². The van der Waals surface area contributed by atoms with Crippen LogP contribution in [0.5, 0.6) is 5.75 Å². The number of nitrogens with one attached hydrogen (secondary N) is 3. The number of hydrogen-bond acceptors (Lipinski definition) is 9. The fraction of sp³-hybridized carbons (Fsp3) is 0.182. The molecule has 3 heterocycles. The minimum atomic E-state index is -2.74. The molecule has 5 rings (SSSR count). The SMILES string of the molecule is COc1cc2c(cc1Nc1nc(Nc3cccc(N[SH](=O)=O)c3)c3sccc3n1)N(C)CC2. The van der Waals surface area contributed by atoms with Crippen molar-refractivity contribution in [2.45, 2.75) is 6.42 Å². The average molecular weight is 483 g/mol. The van der Waals surface area contributed by atoms with Crippen molar-refractivity contribution in [3.8, 4) is 5.75 Å². The summed E-state index contributed by atoms with van der Waals surface area (Å²) in [4.78, 5) is 11.6. The molecule has 2 aromatic carbocycles. The number of thiol groups is 1. The summed E-state index contributed by atoms with van der Waals surface area (Å²) in [5, 5.41) is 8.57. The maximum absolute atomic E-state index is 11.0. The molecule has 0 radical (unpaired) electrons. The maximum Gasteiger partial charge on any atom is 0.229 e. The highest BCUT2D eigenvalue weighted by atomic mass is 32.2. The van der Waals surface area contributed by atoms with Gasteiger partial charge in [0.1, 0.15) is 5.75 Å². The number of benzene rings is 2. The summed E-state index contributed by atoms with van der Waals surface area (Å²) in [6.45, 7) is 0.974. The average Bonchev–Trinajstić information content (AvgIpc) is 3.40. The fourth-order valence-corrected chi connectivity index (χ4v) is 5.00. The first-order valence-corrected chi connectivity index (χ1v) is 12.3. The van der Waals surface area contributed by atoms with Crippen molar-refractivity contribution >= 4 is 67.0 Å². The number of rotatable bonds is 7. The standard InChI is InChI=1S/C22H22N6O3S2/c1-28-8-6-13-10-19(31-2)17(12-18(13)28)25-22-24-16-7-9-32-20(16)21(26-22)23-14-4-3-5-15(11-14)27-33(29)30/h3-5,7,9-12,33H,6,8H2,1-2H3,(H,27,29,30)(H2,23,24,25,26). The molecule has 170 valence electrons. The highest BCUT2D eigenvalue weighted by Crippen LogP contribution is 2.38. The lowest BCUT2D eigenvalue weighted by molar-refractivity contribution is 0.416. The predicted molar refractivity (Wildman–Crippen MR) is 134 cm³/mol. The first-order chi connectivity index (χ1) is 16.0. The van der Waals surface area contributed by atoms with Gasteiger partial charge in [0.2, 0.25) is 16.8 Å². The van der Waals surface area contributed by atoms with Crippen LogP contribution in [0.15, 0.2) is 47.8 Å². The minimum absolute atomic E-state index is 0.430. The molecular weight excluding hydrogens is 460 g/mol. The van der Waals surface area contributed by atoms with Crippen molar-refractivity contribution in [1.82, 2.24) is 9.97 Å². The van der Waals surface area contributed by atoms with E-state index in [4.69, 9.17) is 9.72 Å². The number of ether oxygens (including phenoxy) is 1. The van der Waals surface area contributed by atoms with Crippen molar-refractivity contribution in [1.29, 1.82) is 0 Å². The van der Waals surface area contributed by atoms with Gasteiger partial charge in [-0.15, -0.1) is 11.3 Å². The van der Waals surface area contributed by atoms with Crippen molar-refractivity contribution in [3.63, 3.8) is 0 Å². The first kappa shape index (κ1) is 21.3. The second-order valence-corrected chi connectivity index (χ2v) is 9.24. The highest BCUT2D eigenvalue weighted by Gasteiger charge is 2.20. The molecule has 0 amide bonds. The molecule has 0 spiro atoms. The smallest absolute Gasteiger partial charge is 0.229 e. The van der Waals surface area contributed by atoms with E-state index < -0.39 is 10.9 Å². The van der Waals surface area contributed by atoms with Crippen molar-refractivity contribution in [3.05, 3.63) is 53.4 Å². The van der Waals surface area contributed by atoms with Crippen molar-refractivity contribution in [2.75, 3.05) is 41.0 Å². The van der Waals surface area contributed by atoms with Gasteiger partial charge in [-0.3, -0.25) is 4.72 Å². The maximum atomic E-state index is 11.0. The van der Waals surface area contributed by atoms with E-state index in [2.05, 4.69) is 44.4 Å². The quantitative estimate of drug-likeness (QED) is 0.291. The third-order valence-electron chi connectivity index (χ3n) is 5.42. The Hall–Kier alpha value is -3.57. The molecular formula is C22H22N6O3S2. The van der Waals surface area contributed by atoms with Gasteiger partial charge >= 0.3 is 0 Å². The molecule has 0 aliphatic carbocycles. The van der Waals surface area contributed by atoms with E-state index in [0.717, 1.165) is 40.3 Å². The minimum Gasteiger partial charge on any atom is -0.495 e. The lowest BCUT2D eigenvalue weighted by atomic mass is 10.1. The van der Waals surface area contributed by atoms with Crippen LogP contribution in [0.2, 0.25) is 0 Å². The van der Waals surface area contributed by atoms with Crippen LogP contribution >= 0.6 is 11.3 Å². The Kier molecular flexibility index (Phi) is 5.65. The Balaban J connectivity index is 1.50. The van der Waals surface area contributed by atoms with Crippen LogP contribution in [-0.2, 0) is 17.3 Å². The van der Waals surface area contributed by atoms with Gasteiger partial charge in [0, 0.05) is 25.0 Å². The summed E-state index contributed by atoms with van der Waals surface area (Å²) in [6.07, 6.45) is 0.989. The van der Waals surface area contributed by atoms with Crippen LogP contribution in [0, 0.1) is 0 Å². The van der Waals surface area contributed by atoms with Gasteiger partial charge < -0.3 is 20.3 Å². The van der Waals surface area contributed by atoms with Gasteiger partial charge in [-0.25, -0.2) is 13.4 Å². The van der Waals surface area contributed by atoms with Crippen molar-refractivity contribution < 1.29 is 13.2 Å². The summed E-state index contributed by atoms with van der Waals surface area (Å²) < 4.78 is 30.9. The normalized spacial score (nSPS) is 12.8. The zero-order valence-corrected chi connectivity index (χ0v) is 19.7. The molecule has 0 saturated carbocycles. The Labute approximate surface area is 196 Å². The second-order valence-electron chi connectivity index (χ2n) is 7.58. The van der Waals surface area contributed by atoms with Gasteiger partial charge in [-0.2, -0.15) is 4.98 Å². The Morgan fingerprint density at radius 3 is 2.76 bits per heavy atom. The van der Waals surface area contributed by atoms with Crippen LogP contribution < -0.4 is 25.0 Å². The Bertz CT molecular complexity index is 1410. The number of hydrogen-bond donors (Lipinski definition) is 4. The first-order valence-electron chi connectivity index (χ1n) is 10.2. The molecule has 0 atom stereocenters. The van der Waals surface area contributed by atoms with E-state index in [-0.39, 0.29) is 0 Å². The summed E-state index contributed by atoms with van der Waals surface area (Å²) in [6, 6.07) is 13.1. The van der Waals surface area contributed by atoms with E-state index in [0.29, 0.717) is 23.1 Å². The zero-order valence-electron chi connectivity index (χ0n) is 18.0. The molecule has 1 aliphatic heterocycles. The molecule has 1 aliphatic rings. The second kappa shape index (κ2) is 8.75. The van der Waals surface area contributed by atoms with Crippen LogP contribution in [0.3, 0.4) is 0 Å². The molecule has 0 unspecified atom stereocenters. The Morgan fingerprint density at radius 2 is 1.94 bits per heavy atom. The monoisotopic (exact) mass is 482 g/mol. The molecule has 4 aromatic rings. The third-order valence-corrected chi connectivity index (χ3v) is 6.78. The summed E-state index contributed by atoms with van der Waals surface area (Å²) >= 11 is 1.53. The molecule has 3 N–H and O–H groups in total. The molecule has 0 bridgehead atoms. The van der Waals surface area contributed by atoms with Gasteiger partial charge in [0.15, 0.2) is 5.82 Å². The van der Waals surface area contributed by atoms with Gasteiger partial charge in [-0.1, -0.05) is 6.07 Å².